The molecular weight excluding hydrogens is 190 g/mol. The summed E-state index contributed by atoms with van der Waals surface area (Å²) < 4.78 is 9.97. The van der Waals surface area contributed by atoms with E-state index in [2.05, 4.69) is 9.68 Å². The van der Waals surface area contributed by atoms with Crippen LogP contribution in [0.5, 0.6) is 11.5 Å². The van der Waals surface area contributed by atoms with Crippen LogP contribution in [0, 0.1) is 0 Å². The summed E-state index contributed by atoms with van der Waals surface area (Å²) in [5.41, 5.74) is 0. The van der Waals surface area contributed by atoms with Crippen molar-refractivity contribution in [2.75, 3.05) is 0 Å². The highest BCUT2D eigenvalue weighted by molar-refractivity contribution is 6.32. The fraction of sp³-hybridized carbons (Fsp3) is 0. The molecule has 0 spiro atoms. The Bertz CT molecular complexity index is 386. The van der Waals surface area contributed by atoms with Crippen molar-refractivity contribution >= 4 is 11.6 Å². The zero-order chi connectivity index (χ0) is 9.10. The lowest BCUT2D eigenvalue weighted by molar-refractivity contribution is 0.410. The zero-order valence-corrected chi connectivity index (χ0v) is 7.36. The third kappa shape index (κ3) is 1.81. The average molecular weight is 196 g/mol. The highest BCUT2D eigenvalue weighted by atomic mass is 35.5. The first-order valence-electron chi connectivity index (χ1n) is 3.68. The summed E-state index contributed by atoms with van der Waals surface area (Å²) in [4.78, 5) is 0. The normalized spacial score (nSPS) is 9.92. The van der Waals surface area contributed by atoms with E-state index in [1.54, 1.807) is 12.1 Å². The average Bonchev–Trinajstić information content (AvgIpc) is 2.61. The monoisotopic (exact) mass is 195 g/mol. The predicted molar refractivity (Wildman–Crippen MR) is 48.0 cm³/mol. The third-order valence-electron chi connectivity index (χ3n) is 1.47. The molecule has 0 aliphatic rings. The van der Waals surface area contributed by atoms with Crippen molar-refractivity contribution in [2.24, 2.45) is 0 Å². The quantitative estimate of drug-likeness (QED) is 0.739. The molecule has 1 aromatic heterocycles. The van der Waals surface area contributed by atoms with Gasteiger partial charge in [-0.15, -0.1) is 0 Å². The van der Waals surface area contributed by atoms with Gasteiger partial charge in [0, 0.05) is 0 Å². The van der Waals surface area contributed by atoms with E-state index in [0.717, 1.165) is 0 Å². The summed E-state index contributed by atoms with van der Waals surface area (Å²) in [5.74, 6) is 1.13. The summed E-state index contributed by atoms with van der Waals surface area (Å²) in [7, 11) is 0. The predicted octanol–water partition coefficient (Wildman–Crippen LogP) is 3.12. The Morgan fingerprint density at radius 2 is 2.15 bits per heavy atom. The molecule has 0 saturated heterocycles. The van der Waals surface area contributed by atoms with Crippen molar-refractivity contribution in [3.63, 3.8) is 0 Å². The Balaban J connectivity index is 2.24. The number of hydrogen-bond acceptors (Lipinski definition) is 3. The van der Waals surface area contributed by atoms with Crippen LogP contribution in [0.2, 0.25) is 5.02 Å². The lowest BCUT2D eigenvalue weighted by atomic mass is 10.3. The van der Waals surface area contributed by atoms with E-state index in [0.29, 0.717) is 16.5 Å². The highest BCUT2D eigenvalue weighted by Crippen LogP contribution is 2.28. The van der Waals surface area contributed by atoms with E-state index in [9.17, 15) is 0 Å². The van der Waals surface area contributed by atoms with Crippen molar-refractivity contribution in [1.29, 1.82) is 0 Å². The molecule has 1 aromatic carbocycles. The minimum absolute atomic E-state index is 0.535. The zero-order valence-electron chi connectivity index (χ0n) is 6.61. The molecule has 0 bridgehead atoms. The van der Waals surface area contributed by atoms with Crippen molar-refractivity contribution in [3.05, 3.63) is 41.7 Å². The van der Waals surface area contributed by atoms with Gasteiger partial charge in [-0.25, -0.2) is 0 Å². The second-order valence-corrected chi connectivity index (χ2v) is 2.80. The standard InChI is InChI=1S/C9H6ClNO2/c10-8-3-1-2-4-9(8)13-7-5-11-12-6-7/h1-6H. The van der Waals surface area contributed by atoms with Gasteiger partial charge in [0.05, 0.1) is 5.02 Å². The van der Waals surface area contributed by atoms with Crippen LogP contribution >= 0.6 is 11.6 Å². The smallest absolute Gasteiger partial charge is 0.186 e. The minimum Gasteiger partial charge on any atom is -0.451 e. The van der Waals surface area contributed by atoms with Crippen LogP contribution in [0.3, 0.4) is 0 Å². The summed E-state index contributed by atoms with van der Waals surface area (Å²) in [6.45, 7) is 0. The number of aromatic nitrogens is 1. The van der Waals surface area contributed by atoms with Crippen LogP contribution < -0.4 is 4.74 Å². The molecule has 0 aliphatic carbocycles. The number of ether oxygens (including phenoxy) is 1. The Morgan fingerprint density at radius 3 is 2.85 bits per heavy atom. The van der Waals surface area contributed by atoms with E-state index < -0.39 is 0 Å². The molecular formula is C9H6ClNO2. The van der Waals surface area contributed by atoms with Crippen molar-refractivity contribution < 1.29 is 9.26 Å². The molecule has 1 heterocycles. The topological polar surface area (TPSA) is 35.3 Å². The van der Waals surface area contributed by atoms with E-state index in [1.807, 2.05) is 12.1 Å². The van der Waals surface area contributed by atoms with E-state index >= 15 is 0 Å². The summed E-state index contributed by atoms with van der Waals surface area (Å²) in [6, 6.07) is 7.21. The van der Waals surface area contributed by atoms with Gasteiger partial charge in [0.25, 0.3) is 0 Å². The molecule has 66 valence electrons. The highest BCUT2D eigenvalue weighted by Gasteiger charge is 2.02. The third-order valence-corrected chi connectivity index (χ3v) is 1.79. The fourth-order valence-corrected chi connectivity index (χ4v) is 1.07. The van der Waals surface area contributed by atoms with Crippen LogP contribution in [-0.4, -0.2) is 5.16 Å². The number of para-hydroxylation sites is 1. The van der Waals surface area contributed by atoms with Crippen molar-refractivity contribution in [3.8, 4) is 11.5 Å². The fourth-order valence-electron chi connectivity index (χ4n) is 0.900. The molecule has 2 rings (SSSR count). The van der Waals surface area contributed by atoms with Gasteiger partial charge in [-0.2, -0.15) is 0 Å². The second-order valence-electron chi connectivity index (χ2n) is 2.39. The van der Waals surface area contributed by atoms with Gasteiger partial charge in [0.1, 0.15) is 11.9 Å². The van der Waals surface area contributed by atoms with Crippen molar-refractivity contribution in [2.45, 2.75) is 0 Å². The number of benzene rings is 1. The Labute approximate surface area is 79.9 Å². The molecule has 0 fully saturated rings. The lowest BCUT2D eigenvalue weighted by Crippen LogP contribution is -1.81. The Morgan fingerprint density at radius 1 is 1.31 bits per heavy atom. The molecule has 4 heteroatoms. The van der Waals surface area contributed by atoms with Crippen LogP contribution in [-0.2, 0) is 0 Å². The molecule has 0 N–H and O–H groups in total. The SMILES string of the molecule is Clc1ccccc1Oc1cnoc1. The van der Waals surface area contributed by atoms with Crippen LogP contribution in [0.25, 0.3) is 0 Å². The molecule has 3 nitrogen and oxygen atoms in total. The lowest BCUT2D eigenvalue weighted by Gasteiger charge is -2.02. The molecule has 0 saturated carbocycles. The first kappa shape index (κ1) is 8.13. The molecule has 0 amide bonds. The molecule has 0 aliphatic heterocycles. The summed E-state index contributed by atoms with van der Waals surface area (Å²) in [6.07, 6.45) is 2.88. The molecule has 13 heavy (non-hydrogen) atoms. The largest absolute Gasteiger partial charge is 0.451 e. The maximum atomic E-state index is 5.87. The van der Waals surface area contributed by atoms with Gasteiger partial charge < -0.3 is 9.26 Å². The molecule has 0 atom stereocenters. The van der Waals surface area contributed by atoms with E-state index in [4.69, 9.17) is 16.3 Å². The Kier molecular flexibility index (Phi) is 2.19. The first-order chi connectivity index (χ1) is 6.36. The van der Waals surface area contributed by atoms with E-state index in [-0.39, 0.29) is 0 Å². The van der Waals surface area contributed by atoms with Gasteiger partial charge in [0.2, 0.25) is 0 Å². The number of hydrogen-bond donors (Lipinski definition) is 0. The van der Waals surface area contributed by atoms with Gasteiger partial charge in [-0.05, 0) is 12.1 Å². The van der Waals surface area contributed by atoms with Gasteiger partial charge in [-0.3, -0.25) is 0 Å². The minimum atomic E-state index is 0.535. The molecule has 0 unspecified atom stereocenters. The molecule has 0 radical (unpaired) electrons. The van der Waals surface area contributed by atoms with Crippen LogP contribution in [0.15, 0.2) is 41.2 Å². The maximum Gasteiger partial charge on any atom is 0.186 e. The Hall–Kier alpha value is -1.48. The molecule has 2 aromatic rings. The van der Waals surface area contributed by atoms with Crippen LogP contribution in [0.4, 0.5) is 0 Å². The number of nitrogens with zero attached hydrogens (tertiary/aromatic N) is 1. The summed E-state index contributed by atoms with van der Waals surface area (Å²) >= 11 is 5.87. The van der Waals surface area contributed by atoms with E-state index in [1.165, 1.54) is 12.5 Å². The van der Waals surface area contributed by atoms with Gasteiger partial charge in [-0.1, -0.05) is 28.9 Å². The van der Waals surface area contributed by atoms with Gasteiger partial charge in [0.15, 0.2) is 12.0 Å². The first-order valence-corrected chi connectivity index (χ1v) is 4.06. The van der Waals surface area contributed by atoms with Crippen LogP contribution in [0.1, 0.15) is 0 Å². The van der Waals surface area contributed by atoms with Crippen molar-refractivity contribution in [1.82, 2.24) is 5.16 Å². The maximum absolute atomic E-state index is 5.87. The van der Waals surface area contributed by atoms with Gasteiger partial charge >= 0.3 is 0 Å². The summed E-state index contributed by atoms with van der Waals surface area (Å²) in [5, 5.41) is 4.06. The second kappa shape index (κ2) is 3.49. The number of halogens is 1. The number of rotatable bonds is 2.